The van der Waals surface area contributed by atoms with Crippen LogP contribution in [0.2, 0.25) is 20.1 Å². The van der Waals surface area contributed by atoms with E-state index in [0.29, 0.717) is 33.5 Å². The quantitative estimate of drug-likeness (QED) is 0.196. The number of hydrogen-bond acceptors (Lipinski definition) is 5. The highest BCUT2D eigenvalue weighted by Gasteiger charge is 2.28. The van der Waals surface area contributed by atoms with Crippen molar-refractivity contribution in [1.82, 2.24) is 0 Å². The number of halogens is 4. The summed E-state index contributed by atoms with van der Waals surface area (Å²) in [5, 5.41) is 13.0. The monoisotopic (exact) mass is 612 g/mol. The van der Waals surface area contributed by atoms with Gasteiger partial charge in [0.25, 0.3) is 0 Å². The average Bonchev–Trinajstić information content (AvgIpc) is 3.23. The molecule has 0 saturated carbocycles. The van der Waals surface area contributed by atoms with Crippen LogP contribution in [-0.2, 0) is 9.59 Å². The van der Waals surface area contributed by atoms with Gasteiger partial charge in [-0.2, -0.15) is 5.10 Å². The Bertz CT molecular complexity index is 1150. The van der Waals surface area contributed by atoms with Crippen molar-refractivity contribution < 1.29 is 9.59 Å². The van der Waals surface area contributed by atoms with Crippen molar-refractivity contribution in [3.05, 3.63) is 50.4 Å². The second kappa shape index (κ2) is 16.3. The highest BCUT2D eigenvalue weighted by Crippen LogP contribution is 2.38. The van der Waals surface area contributed by atoms with E-state index in [-0.39, 0.29) is 34.1 Å². The Kier molecular flexibility index (Phi) is 13.2. The lowest BCUT2D eigenvalue weighted by Crippen LogP contribution is -2.23. The van der Waals surface area contributed by atoms with Gasteiger partial charge in [0.15, 0.2) is 5.84 Å². The first kappa shape index (κ1) is 31.5. The number of amides is 1. The Labute approximate surface area is 251 Å². The normalized spacial score (nSPS) is 13.1. The Morgan fingerprint density at radius 1 is 0.846 bits per heavy atom. The smallest absolute Gasteiger partial charge is 0.224 e. The molecule has 1 aliphatic rings. The molecule has 2 aromatic carbocycles. The second-order valence-electron chi connectivity index (χ2n) is 9.80. The van der Waals surface area contributed by atoms with Crippen LogP contribution in [0.4, 0.5) is 17.1 Å². The first-order valence-corrected chi connectivity index (χ1v) is 15.2. The molecule has 2 N–H and O–H groups in total. The zero-order chi connectivity index (χ0) is 28.2. The minimum atomic E-state index is -0.265. The molecular formula is C29H36Cl4N4O2. The molecule has 0 spiro atoms. The molecule has 0 unspecified atom stereocenters. The summed E-state index contributed by atoms with van der Waals surface area (Å²) in [6.45, 7) is 2.20. The minimum Gasteiger partial charge on any atom is -0.334 e. The Morgan fingerprint density at radius 2 is 1.44 bits per heavy atom. The third-order valence-corrected chi connectivity index (χ3v) is 7.65. The van der Waals surface area contributed by atoms with E-state index in [1.807, 2.05) is 0 Å². The van der Waals surface area contributed by atoms with Gasteiger partial charge in [0.2, 0.25) is 11.7 Å². The molecule has 2 aromatic rings. The predicted octanol–water partition coefficient (Wildman–Crippen LogP) is 9.75. The van der Waals surface area contributed by atoms with Gasteiger partial charge in [0.05, 0.1) is 26.4 Å². The number of anilines is 3. The molecule has 0 aromatic heterocycles. The lowest BCUT2D eigenvalue weighted by Gasteiger charge is -2.16. The lowest BCUT2D eigenvalue weighted by atomic mass is 10.1. The second-order valence-corrected chi connectivity index (χ2v) is 11.5. The summed E-state index contributed by atoms with van der Waals surface area (Å²) in [5.74, 6) is -0.228. The molecule has 1 amide bonds. The Hall–Kier alpha value is -1.99. The van der Waals surface area contributed by atoms with E-state index >= 15 is 0 Å². The Balaban J connectivity index is 1.46. The molecule has 0 aliphatic carbocycles. The summed E-state index contributed by atoms with van der Waals surface area (Å²) in [5.41, 5.74) is 1.43. The lowest BCUT2D eigenvalue weighted by molar-refractivity contribution is -0.116. The van der Waals surface area contributed by atoms with E-state index in [0.717, 1.165) is 19.3 Å². The summed E-state index contributed by atoms with van der Waals surface area (Å²) in [6, 6.07) is 8.14. The van der Waals surface area contributed by atoms with Gasteiger partial charge in [0, 0.05) is 17.1 Å². The highest BCUT2D eigenvalue weighted by atomic mass is 35.5. The van der Waals surface area contributed by atoms with Crippen LogP contribution in [0.3, 0.4) is 0 Å². The molecule has 10 heteroatoms. The largest absolute Gasteiger partial charge is 0.334 e. The van der Waals surface area contributed by atoms with E-state index in [9.17, 15) is 9.59 Å². The van der Waals surface area contributed by atoms with Crippen molar-refractivity contribution in [1.29, 1.82) is 0 Å². The number of nitrogens with zero attached hydrogens (tertiary/aromatic N) is 2. The number of benzene rings is 2. The van der Waals surface area contributed by atoms with E-state index < -0.39 is 0 Å². The van der Waals surface area contributed by atoms with Crippen LogP contribution in [-0.4, -0.2) is 24.1 Å². The van der Waals surface area contributed by atoms with Gasteiger partial charge < -0.3 is 10.6 Å². The van der Waals surface area contributed by atoms with Crippen molar-refractivity contribution in [2.24, 2.45) is 5.10 Å². The summed E-state index contributed by atoms with van der Waals surface area (Å²) >= 11 is 24.9. The number of ketones is 1. The van der Waals surface area contributed by atoms with Crippen molar-refractivity contribution in [3.8, 4) is 0 Å². The molecule has 0 fully saturated rings. The maximum atomic E-state index is 12.6. The molecule has 1 aliphatic heterocycles. The molecule has 0 saturated heterocycles. The van der Waals surface area contributed by atoms with Crippen molar-refractivity contribution in [2.45, 2.75) is 84.0 Å². The zero-order valence-corrected chi connectivity index (χ0v) is 25.3. The SMILES string of the molecule is CCCCCCCCCCCCCC(=O)Nc1ccc(Cl)c(NC2=NN(c3c(Cl)cc(Cl)cc3Cl)CC2=O)c1. The van der Waals surface area contributed by atoms with Gasteiger partial charge in [-0.05, 0) is 36.8 Å². The van der Waals surface area contributed by atoms with Crippen LogP contribution in [0.5, 0.6) is 0 Å². The van der Waals surface area contributed by atoms with Gasteiger partial charge in [-0.15, -0.1) is 0 Å². The van der Waals surface area contributed by atoms with E-state index in [1.54, 1.807) is 18.2 Å². The first-order valence-electron chi connectivity index (χ1n) is 13.7. The number of carbonyl (C=O) groups is 2. The molecule has 212 valence electrons. The predicted molar refractivity (Wildman–Crippen MR) is 166 cm³/mol. The summed E-state index contributed by atoms with van der Waals surface area (Å²) < 4.78 is 0. The molecule has 3 rings (SSSR count). The third-order valence-electron chi connectivity index (χ3n) is 6.53. The number of Topliss-reactive ketones (excluding diaryl/α,β-unsaturated/α-hetero) is 1. The summed E-state index contributed by atoms with van der Waals surface area (Å²) in [4.78, 5) is 25.1. The van der Waals surface area contributed by atoms with Crippen LogP contribution in [0.15, 0.2) is 35.4 Å². The fourth-order valence-corrected chi connectivity index (χ4v) is 5.60. The van der Waals surface area contributed by atoms with Gasteiger partial charge in [-0.1, -0.05) is 118 Å². The fraction of sp³-hybridized carbons (Fsp3) is 0.483. The number of hydrazone groups is 1. The van der Waals surface area contributed by atoms with Gasteiger partial charge >= 0.3 is 0 Å². The highest BCUT2D eigenvalue weighted by molar-refractivity contribution is 6.48. The number of unbranched alkanes of at least 4 members (excludes halogenated alkanes) is 10. The van der Waals surface area contributed by atoms with E-state index in [4.69, 9.17) is 46.4 Å². The average molecular weight is 614 g/mol. The topological polar surface area (TPSA) is 73.8 Å². The van der Waals surface area contributed by atoms with Gasteiger partial charge in [0.1, 0.15) is 6.54 Å². The van der Waals surface area contributed by atoms with E-state index in [2.05, 4.69) is 22.7 Å². The molecule has 6 nitrogen and oxygen atoms in total. The number of carbonyl (C=O) groups excluding carboxylic acids is 2. The minimum absolute atomic E-state index is 0.0452. The molecular weight excluding hydrogens is 578 g/mol. The number of nitrogens with one attached hydrogen (secondary N) is 2. The molecule has 1 heterocycles. The van der Waals surface area contributed by atoms with Crippen LogP contribution >= 0.6 is 46.4 Å². The van der Waals surface area contributed by atoms with Crippen molar-refractivity contribution >= 4 is 81.0 Å². The summed E-state index contributed by atoms with van der Waals surface area (Å²) in [7, 11) is 0. The van der Waals surface area contributed by atoms with E-state index in [1.165, 1.54) is 68.5 Å². The number of rotatable bonds is 15. The molecule has 0 radical (unpaired) electrons. The van der Waals surface area contributed by atoms with Crippen LogP contribution in [0, 0.1) is 0 Å². The van der Waals surface area contributed by atoms with Crippen LogP contribution < -0.4 is 15.6 Å². The van der Waals surface area contributed by atoms with Crippen LogP contribution in [0.25, 0.3) is 0 Å². The van der Waals surface area contributed by atoms with Crippen molar-refractivity contribution in [2.75, 3.05) is 22.2 Å². The first-order chi connectivity index (χ1) is 18.8. The molecule has 39 heavy (non-hydrogen) atoms. The fourth-order valence-electron chi connectivity index (χ4n) is 4.43. The van der Waals surface area contributed by atoms with Crippen molar-refractivity contribution in [3.63, 3.8) is 0 Å². The molecule has 0 bridgehead atoms. The zero-order valence-electron chi connectivity index (χ0n) is 22.3. The maximum absolute atomic E-state index is 12.6. The Morgan fingerprint density at radius 3 is 2.05 bits per heavy atom. The number of hydrogen-bond donors (Lipinski definition) is 2. The maximum Gasteiger partial charge on any atom is 0.224 e. The standard InChI is InChI=1S/C29H36Cl4N4O2/c1-2-3-4-5-6-7-8-9-10-11-12-13-27(39)34-21-14-15-22(31)25(18-21)35-29-26(38)19-37(36-29)28-23(32)16-20(30)17-24(28)33/h14-18H,2-13,19H2,1H3,(H,34,39)(H,35,36). The van der Waals surface area contributed by atoms with Gasteiger partial charge in [-0.25, -0.2) is 0 Å². The summed E-state index contributed by atoms with van der Waals surface area (Å²) in [6.07, 6.45) is 14.1. The van der Waals surface area contributed by atoms with Gasteiger partial charge in [-0.3, -0.25) is 14.6 Å². The number of amidine groups is 1. The molecule has 0 atom stereocenters. The van der Waals surface area contributed by atoms with Crippen LogP contribution in [0.1, 0.15) is 84.0 Å². The third kappa shape index (κ3) is 10.2.